The SMILES string of the molecule is CCN1CCCC(Nc2cccc(F)c2C)CC1. The van der Waals surface area contributed by atoms with Gasteiger partial charge in [0.25, 0.3) is 0 Å². The molecule has 0 saturated carbocycles. The summed E-state index contributed by atoms with van der Waals surface area (Å²) < 4.78 is 13.5. The van der Waals surface area contributed by atoms with Crippen molar-refractivity contribution < 1.29 is 4.39 Å². The normalized spacial score (nSPS) is 21.6. The van der Waals surface area contributed by atoms with E-state index in [4.69, 9.17) is 0 Å². The summed E-state index contributed by atoms with van der Waals surface area (Å²) in [6.07, 6.45) is 3.54. The predicted octanol–water partition coefficient (Wildman–Crippen LogP) is 3.42. The van der Waals surface area contributed by atoms with Crippen molar-refractivity contribution in [3.05, 3.63) is 29.6 Å². The fraction of sp³-hybridized carbons (Fsp3) is 0.600. The molecule has 0 spiro atoms. The van der Waals surface area contributed by atoms with Crippen molar-refractivity contribution in [1.29, 1.82) is 0 Å². The van der Waals surface area contributed by atoms with Gasteiger partial charge in [0.15, 0.2) is 0 Å². The maximum atomic E-state index is 13.5. The highest BCUT2D eigenvalue weighted by molar-refractivity contribution is 5.51. The molecule has 100 valence electrons. The number of likely N-dealkylation sites (tertiary alicyclic amines) is 1. The molecule has 0 aromatic heterocycles. The second-order valence-electron chi connectivity index (χ2n) is 5.12. The topological polar surface area (TPSA) is 15.3 Å². The Morgan fingerprint density at radius 2 is 2.17 bits per heavy atom. The van der Waals surface area contributed by atoms with E-state index in [-0.39, 0.29) is 5.82 Å². The van der Waals surface area contributed by atoms with Crippen LogP contribution >= 0.6 is 0 Å². The van der Waals surface area contributed by atoms with E-state index in [9.17, 15) is 4.39 Å². The molecule has 1 aromatic carbocycles. The van der Waals surface area contributed by atoms with Gasteiger partial charge in [0.1, 0.15) is 5.82 Å². The molecule has 18 heavy (non-hydrogen) atoms. The zero-order valence-electron chi connectivity index (χ0n) is 11.4. The summed E-state index contributed by atoms with van der Waals surface area (Å²) in [5, 5.41) is 3.51. The van der Waals surface area contributed by atoms with Crippen molar-refractivity contribution in [2.45, 2.75) is 39.2 Å². The Hall–Kier alpha value is -1.09. The van der Waals surface area contributed by atoms with Crippen molar-refractivity contribution >= 4 is 5.69 Å². The van der Waals surface area contributed by atoms with Gasteiger partial charge in [-0.3, -0.25) is 0 Å². The fourth-order valence-corrected chi connectivity index (χ4v) is 2.60. The van der Waals surface area contributed by atoms with Gasteiger partial charge < -0.3 is 10.2 Å². The van der Waals surface area contributed by atoms with Crippen LogP contribution in [0.3, 0.4) is 0 Å². The van der Waals surface area contributed by atoms with Crippen LogP contribution in [-0.4, -0.2) is 30.6 Å². The maximum Gasteiger partial charge on any atom is 0.128 e. The number of halogens is 1. The molecular formula is C15H23FN2. The molecular weight excluding hydrogens is 227 g/mol. The Labute approximate surface area is 109 Å². The number of hydrogen-bond acceptors (Lipinski definition) is 2. The summed E-state index contributed by atoms with van der Waals surface area (Å²) in [5.74, 6) is -0.121. The zero-order valence-corrected chi connectivity index (χ0v) is 11.4. The van der Waals surface area contributed by atoms with E-state index in [0.717, 1.165) is 30.8 Å². The van der Waals surface area contributed by atoms with Crippen molar-refractivity contribution in [3.8, 4) is 0 Å². The Morgan fingerprint density at radius 1 is 1.33 bits per heavy atom. The summed E-state index contributed by atoms with van der Waals surface area (Å²) in [6, 6.07) is 5.74. The van der Waals surface area contributed by atoms with Crippen LogP contribution in [-0.2, 0) is 0 Å². The van der Waals surface area contributed by atoms with E-state index in [1.807, 2.05) is 13.0 Å². The third-order valence-corrected chi connectivity index (χ3v) is 3.90. The Bertz CT molecular complexity index is 392. The molecule has 3 heteroatoms. The molecule has 1 fully saturated rings. The lowest BCUT2D eigenvalue weighted by Crippen LogP contribution is -2.26. The zero-order chi connectivity index (χ0) is 13.0. The van der Waals surface area contributed by atoms with Crippen LogP contribution in [0.1, 0.15) is 31.7 Å². The maximum absolute atomic E-state index is 13.5. The molecule has 1 heterocycles. The summed E-state index contributed by atoms with van der Waals surface area (Å²) in [7, 11) is 0. The summed E-state index contributed by atoms with van der Waals surface area (Å²) in [6.45, 7) is 7.52. The van der Waals surface area contributed by atoms with Gasteiger partial charge in [0, 0.05) is 23.8 Å². The minimum absolute atomic E-state index is 0.121. The van der Waals surface area contributed by atoms with Gasteiger partial charge in [-0.2, -0.15) is 0 Å². The smallest absolute Gasteiger partial charge is 0.128 e. The second-order valence-corrected chi connectivity index (χ2v) is 5.12. The molecule has 1 saturated heterocycles. The number of benzene rings is 1. The molecule has 1 unspecified atom stereocenters. The molecule has 0 aliphatic carbocycles. The van der Waals surface area contributed by atoms with E-state index < -0.39 is 0 Å². The minimum atomic E-state index is -0.121. The molecule has 1 atom stereocenters. The fourth-order valence-electron chi connectivity index (χ4n) is 2.60. The Balaban J connectivity index is 1.99. The standard InChI is InChI=1S/C15H23FN2/c1-3-18-10-5-6-13(9-11-18)17-15-8-4-7-14(16)12(15)2/h4,7-8,13,17H,3,5-6,9-11H2,1-2H3. The van der Waals surface area contributed by atoms with Crippen LogP contribution in [0.4, 0.5) is 10.1 Å². The second kappa shape index (κ2) is 6.19. The van der Waals surface area contributed by atoms with Gasteiger partial charge in [-0.1, -0.05) is 13.0 Å². The summed E-state index contributed by atoms with van der Waals surface area (Å²) in [5.41, 5.74) is 1.68. The monoisotopic (exact) mass is 250 g/mol. The van der Waals surface area contributed by atoms with E-state index in [2.05, 4.69) is 17.1 Å². The highest BCUT2D eigenvalue weighted by Gasteiger charge is 2.16. The molecule has 0 bridgehead atoms. The first-order valence-electron chi connectivity index (χ1n) is 6.94. The highest BCUT2D eigenvalue weighted by Crippen LogP contribution is 2.21. The van der Waals surface area contributed by atoms with Gasteiger partial charge in [0.2, 0.25) is 0 Å². The lowest BCUT2D eigenvalue weighted by Gasteiger charge is -2.20. The molecule has 2 rings (SSSR count). The lowest BCUT2D eigenvalue weighted by atomic mass is 10.1. The molecule has 1 aliphatic heterocycles. The van der Waals surface area contributed by atoms with Gasteiger partial charge in [-0.05, 0) is 51.4 Å². The molecule has 1 aliphatic rings. The number of anilines is 1. The van der Waals surface area contributed by atoms with Crippen LogP contribution < -0.4 is 5.32 Å². The minimum Gasteiger partial charge on any atom is -0.382 e. The van der Waals surface area contributed by atoms with Crippen LogP contribution in [0.15, 0.2) is 18.2 Å². The quantitative estimate of drug-likeness (QED) is 0.884. The van der Waals surface area contributed by atoms with Crippen molar-refractivity contribution in [1.82, 2.24) is 4.90 Å². The van der Waals surface area contributed by atoms with Gasteiger partial charge >= 0.3 is 0 Å². The van der Waals surface area contributed by atoms with Crippen molar-refractivity contribution in [2.24, 2.45) is 0 Å². The van der Waals surface area contributed by atoms with Gasteiger partial charge in [-0.15, -0.1) is 0 Å². The summed E-state index contributed by atoms with van der Waals surface area (Å²) in [4.78, 5) is 2.49. The number of rotatable bonds is 3. The van der Waals surface area contributed by atoms with E-state index >= 15 is 0 Å². The third-order valence-electron chi connectivity index (χ3n) is 3.90. The molecule has 2 nitrogen and oxygen atoms in total. The van der Waals surface area contributed by atoms with Crippen molar-refractivity contribution in [2.75, 3.05) is 25.0 Å². The molecule has 1 N–H and O–H groups in total. The Kier molecular flexibility index (Phi) is 4.59. The largest absolute Gasteiger partial charge is 0.382 e. The number of nitrogens with one attached hydrogen (secondary N) is 1. The lowest BCUT2D eigenvalue weighted by molar-refractivity contribution is 0.300. The summed E-state index contributed by atoms with van der Waals surface area (Å²) >= 11 is 0. The van der Waals surface area contributed by atoms with Crippen LogP contribution in [0.5, 0.6) is 0 Å². The van der Waals surface area contributed by atoms with Gasteiger partial charge in [0.05, 0.1) is 0 Å². The van der Waals surface area contributed by atoms with Crippen molar-refractivity contribution in [3.63, 3.8) is 0 Å². The highest BCUT2D eigenvalue weighted by atomic mass is 19.1. The Morgan fingerprint density at radius 3 is 2.94 bits per heavy atom. The molecule has 0 radical (unpaired) electrons. The molecule has 0 amide bonds. The van der Waals surface area contributed by atoms with Gasteiger partial charge in [-0.25, -0.2) is 4.39 Å². The average Bonchev–Trinajstić information content (AvgIpc) is 2.60. The first kappa shape index (κ1) is 13.3. The average molecular weight is 250 g/mol. The van der Waals surface area contributed by atoms with E-state index in [1.54, 1.807) is 6.07 Å². The van der Waals surface area contributed by atoms with Crippen LogP contribution in [0.2, 0.25) is 0 Å². The first-order valence-corrected chi connectivity index (χ1v) is 6.94. The van der Waals surface area contributed by atoms with Crippen LogP contribution in [0.25, 0.3) is 0 Å². The van der Waals surface area contributed by atoms with Crippen LogP contribution in [0, 0.1) is 12.7 Å². The van der Waals surface area contributed by atoms with E-state index in [0.29, 0.717) is 6.04 Å². The number of hydrogen-bond donors (Lipinski definition) is 1. The number of nitrogens with zero attached hydrogens (tertiary/aromatic N) is 1. The van der Waals surface area contributed by atoms with E-state index in [1.165, 1.54) is 25.5 Å². The molecule has 1 aromatic rings. The predicted molar refractivity (Wildman–Crippen MR) is 74.5 cm³/mol. The first-order chi connectivity index (χ1) is 8.70. The third kappa shape index (κ3) is 3.22.